The Morgan fingerprint density at radius 2 is 1.74 bits per heavy atom. The summed E-state index contributed by atoms with van der Waals surface area (Å²) in [5.41, 5.74) is 5.99. The first kappa shape index (κ1) is 20.9. The molecule has 1 N–H and O–H groups in total. The fourth-order valence-corrected chi connectivity index (χ4v) is 4.17. The van der Waals surface area contributed by atoms with E-state index in [2.05, 4.69) is 11.4 Å². The highest BCUT2D eigenvalue weighted by atomic mass is 16.2. The number of hydrogen-bond acceptors (Lipinski definition) is 2. The molecule has 2 amide bonds. The van der Waals surface area contributed by atoms with Crippen LogP contribution in [-0.4, -0.2) is 18.4 Å². The summed E-state index contributed by atoms with van der Waals surface area (Å²) >= 11 is 0. The summed E-state index contributed by atoms with van der Waals surface area (Å²) in [6.45, 7) is 5.17. The second kappa shape index (κ2) is 9.17. The summed E-state index contributed by atoms with van der Waals surface area (Å²) in [5.74, 6) is -0.105. The number of benzene rings is 3. The van der Waals surface area contributed by atoms with Gasteiger partial charge in [0, 0.05) is 24.3 Å². The summed E-state index contributed by atoms with van der Waals surface area (Å²) in [7, 11) is 0. The Morgan fingerprint density at radius 3 is 2.45 bits per heavy atom. The van der Waals surface area contributed by atoms with E-state index in [0.29, 0.717) is 18.7 Å². The van der Waals surface area contributed by atoms with E-state index in [1.165, 1.54) is 5.56 Å². The molecule has 1 aliphatic rings. The number of nitrogens with one attached hydrogen (secondary N) is 1. The van der Waals surface area contributed by atoms with Crippen LogP contribution < -0.4 is 10.2 Å². The van der Waals surface area contributed by atoms with Crippen molar-refractivity contribution >= 4 is 17.5 Å². The number of anilines is 1. The first-order valence-electron chi connectivity index (χ1n) is 10.9. The third kappa shape index (κ3) is 4.53. The van der Waals surface area contributed by atoms with Crippen LogP contribution in [-0.2, 0) is 17.8 Å². The fraction of sp³-hybridized carbons (Fsp3) is 0.259. The van der Waals surface area contributed by atoms with Crippen LogP contribution in [0.2, 0.25) is 0 Å². The van der Waals surface area contributed by atoms with Crippen LogP contribution in [0.15, 0.2) is 72.8 Å². The first-order valence-corrected chi connectivity index (χ1v) is 10.9. The molecule has 0 bridgehead atoms. The van der Waals surface area contributed by atoms with Gasteiger partial charge in [-0.25, -0.2) is 0 Å². The lowest BCUT2D eigenvalue weighted by atomic mass is 9.95. The molecular weight excluding hydrogens is 384 g/mol. The van der Waals surface area contributed by atoms with Crippen LogP contribution in [0.4, 0.5) is 5.69 Å². The number of fused-ring (bicyclic) bond motifs is 1. The molecule has 0 unspecified atom stereocenters. The maximum Gasteiger partial charge on any atom is 0.258 e. The van der Waals surface area contributed by atoms with Crippen molar-refractivity contribution in [3.05, 3.63) is 101 Å². The van der Waals surface area contributed by atoms with E-state index in [1.807, 2.05) is 85.5 Å². The maximum absolute atomic E-state index is 13.0. The van der Waals surface area contributed by atoms with Crippen molar-refractivity contribution in [2.45, 2.75) is 39.2 Å². The van der Waals surface area contributed by atoms with Gasteiger partial charge in [-0.2, -0.15) is 0 Å². The molecule has 0 aliphatic carbocycles. The minimum absolute atomic E-state index is 0.0232. The minimum atomic E-state index is -0.157. The highest BCUT2D eigenvalue weighted by Crippen LogP contribution is 2.30. The molecule has 1 heterocycles. The van der Waals surface area contributed by atoms with Gasteiger partial charge in [-0.3, -0.25) is 9.59 Å². The Hall–Kier alpha value is -3.40. The quantitative estimate of drug-likeness (QED) is 0.619. The lowest BCUT2D eigenvalue weighted by Crippen LogP contribution is -2.30. The van der Waals surface area contributed by atoms with Crippen molar-refractivity contribution in [1.29, 1.82) is 0 Å². The highest BCUT2D eigenvalue weighted by Gasteiger charge is 2.26. The Bertz CT molecular complexity index is 1070. The SMILES string of the molecule is CC[C@@H](C(=O)NCc1ccc2c(c1)N(C(=O)c1ccc(C)cc1)CC2)c1ccccc1. The van der Waals surface area contributed by atoms with E-state index in [9.17, 15) is 9.59 Å². The van der Waals surface area contributed by atoms with Crippen LogP contribution in [0.1, 0.15) is 51.9 Å². The average Bonchev–Trinajstić information content (AvgIpc) is 3.22. The summed E-state index contributed by atoms with van der Waals surface area (Å²) in [6, 6.07) is 23.7. The van der Waals surface area contributed by atoms with Gasteiger partial charge in [0.15, 0.2) is 0 Å². The van der Waals surface area contributed by atoms with Gasteiger partial charge in [0.25, 0.3) is 5.91 Å². The highest BCUT2D eigenvalue weighted by molar-refractivity contribution is 6.07. The molecule has 4 rings (SSSR count). The summed E-state index contributed by atoms with van der Waals surface area (Å²) in [5, 5.41) is 3.08. The maximum atomic E-state index is 13.0. The van der Waals surface area contributed by atoms with Gasteiger partial charge in [0.1, 0.15) is 0 Å². The molecule has 0 saturated heterocycles. The van der Waals surface area contributed by atoms with E-state index < -0.39 is 0 Å². The van der Waals surface area contributed by atoms with Crippen LogP contribution in [0, 0.1) is 6.92 Å². The molecule has 0 saturated carbocycles. The van der Waals surface area contributed by atoms with Crippen molar-refractivity contribution in [2.75, 3.05) is 11.4 Å². The van der Waals surface area contributed by atoms with Crippen molar-refractivity contribution in [1.82, 2.24) is 5.32 Å². The van der Waals surface area contributed by atoms with Crippen LogP contribution >= 0.6 is 0 Å². The van der Waals surface area contributed by atoms with Crippen molar-refractivity contribution < 1.29 is 9.59 Å². The zero-order valence-corrected chi connectivity index (χ0v) is 18.1. The zero-order valence-electron chi connectivity index (χ0n) is 18.1. The van der Waals surface area contributed by atoms with Gasteiger partial charge in [-0.05, 0) is 54.7 Å². The second-order valence-corrected chi connectivity index (χ2v) is 8.13. The third-order valence-electron chi connectivity index (χ3n) is 5.98. The monoisotopic (exact) mass is 412 g/mol. The van der Waals surface area contributed by atoms with E-state index in [1.54, 1.807) is 0 Å². The fourth-order valence-electron chi connectivity index (χ4n) is 4.17. The van der Waals surface area contributed by atoms with E-state index in [-0.39, 0.29) is 17.7 Å². The Labute approximate surface area is 183 Å². The van der Waals surface area contributed by atoms with Crippen LogP contribution in [0.3, 0.4) is 0 Å². The summed E-state index contributed by atoms with van der Waals surface area (Å²) in [4.78, 5) is 27.7. The van der Waals surface area contributed by atoms with E-state index in [0.717, 1.165) is 35.2 Å². The topological polar surface area (TPSA) is 49.4 Å². The molecule has 4 nitrogen and oxygen atoms in total. The molecule has 4 heteroatoms. The van der Waals surface area contributed by atoms with Crippen LogP contribution in [0.25, 0.3) is 0 Å². The Kier molecular flexibility index (Phi) is 6.17. The first-order chi connectivity index (χ1) is 15.1. The number of amides is 2. The van der Waals surface area contributed by atoms with Gasteiger partial charge in [-0.15, -0.1) is 0 Å². The van der Waals surface area contributed by atoms with Gasteiger partial charge in [-0.1, -0.05) is 67.1 Å². The normalized spacial score (nSPS) is 13.5. The number of hydrogen-bond donors (Lipinski definition) is 1. The van der Waals surface area contributed by atoms with Crippen molar-refractivity contribution in [2.24, 2.45) is 0 Å². The molecule has 3 aromatic carbocycles. The largest absolute Gasteiger partial charge is 0.351 e. The molecule has 3 aromatic rings. The van der Waals surface area contributed by atoms with Gasteiger partial charge in [0.05, 0.1) is 5.92 Å². The number of carbonyl (C=O) groups is 2. The Balaban J connectivity index is 1.47. The van der Waals surface area contributed by atoms with Gasteiger partial charge in [0.2, 0.25) is 5.91 Å². The zero-order chi connectivity index (χ0) is 21.8. The predicted molar refractivity (Wildman–Crippen MR) is 124 cm³/mol. The molecule has 1 aliphatic heterocycles. The van der Waals surface area contributed by atoms with Crippen molar-refractivity contribution in [3.63, 3.8) is 0 Å². The molecule has 158 valence electrons. The molecular formula is C27H28N2O2. The summed E-state index contributed by atoms with van der Waals surface area (Å²) in [6.07, 6.45) is 1.60. The molecule has 0 spiro atoms. The molecule has 1 atom stereocenters. The summed E-state index contributed by atoms with van der Waals surface area (Å²) < 4.78 is 0. The predicted octanol–water partition coefficient (Wildman–Crippen LogP) is 5.01. The lowest BCUT2D eigenvalue weighted by molar-refractivity contribution is -0.122. The minimum Gasteiger partial charge on any atom is -0.351 e. The number of rotatable bonds is 6. The van der Waals surface area contributed by atoms with Crippen molar-refractivity contribution in [3.8, 4) is 0 Å². The smallest absolute Gasteiger partial charge is 0.258 e. The van der Waals surface area contributed by atoms with Gasteiger partial charge < -0.3 is 10.2 Å². The van der Waals surface area contributed by atoms with Gasteiger partial charge >= 0.3 is 0 Å². The molecule has 0 aromatic heterocycles. The van der Waals surface area contributed by atoms with E-state index >= 15 is 0 Å². The second-order valence-electron chi connectivity index (χ2n) is 8.13. The van der Waals surface area contributed by atoms with Crippen LogP contribution in [0.5, 0.6) is 0 Å². The third-order valence-corrected chi connectivity index (χ3v) is 5.98. The molecule has 0 radical (unpaired) electrons. The number of carbonyl (C=O) groups excluding carboxylic acids is 2. The number of aryl methyl sites for hydroxylation is 1. The molecule has 31 heavy (non-hydrogen) atoms. The standard InChI is InChI=1S/C27H28N2O2/c1-3-24(21-7-5-4-6-8-21)26(30)28-18-20-11-14-22-15-16-29(25(22)17-20)27(31)23-12-9-19(2)10-13-23/h4-14,17,24H,3,15-16,18H2,1-2H3,(H,28,30)/t24-/m1/s1. The Morgan fingerprint density at radius 1 is 1.00 bits per heavy atom. The lowest BCUT2D eigenvalue weighted by Gasteiger charge is -2.19. The number of nitrogens with zero attached hydrogens (tertiary/aromatic N) is 1. The van der Waals surface area contributed by atoms with E-state index in [4.69, 9.17) is 0 Å². The molecule has 0 fully saturated rings. The average molecular weight is 413 g/mol.